The van der Waals surface area contributed by atoms with Crippen LogP contribution in [-0.2, 0) is 159 Å². The summed E-state index contributed by atoms with van der Waals surface area (Å²) in [5.41, 5.74) is 6.00. The second-order valence-electron chi connectivity index (χ2n) is 31.9. The summed E-state index contributed by atoms with van der Waals surface area (Å²) in [6, 6.07) is 11.0. The molecule has 766 valence electrons. The van der Waals surface area contributed by atoms with Gasteiger partial charge in [-0.25, -0.2) is 13.2 Å². The van der Waals surface area contributed by atoms with Gasteiger partial charge < -0.3 is 138 Å². The molecule has 2 N–H and O–H groups in total. The SMILES string of the molecule is CC[NH+](CC)CC.COCCOCCOCCOCCOCCOCCOCCOCCOCCOCCOCCOCCOCCOCCOCCOCCOCCOCCOCCOCCOCCOCCOCCOCCNC(=O)CCCCC[N+]1=C(C=CC=C2N(CCCCCC(=O)ON3C(=O)CCC3=O)c3ccc(C)cc3C2(C)C)C(C)(C)c2cc(S(=O)(=O)[O-])ccc21. The molecular formula is C95H164N5O32S+. The number of methoxy groups -OCH3 is 1. The van der Waals surface area contributed by atoms with Crippen molar-refractivity contribution in [2.45, 2.75) is 135 Å². The number of benzene rings is 2. The summed E-state index contributed by atoms with van der Waals surface area (Å²) in [4.78, 5) is 58.0. The third-order valence-corrected chi connectivity index (χ3v) is 22.0. The first-order chi connectivity index (χ1) is 64.8. The van der Waals surface area contributed by atoms with E-state index in [-0.39, 0.29) is 35.5 Å². The van der Waals surface area contributed by atoms with Crippen LogP contribution in [0.5, 0.6) is 0 Å². The van der Waals surface area contributed by atoms with Gasteiger partial charge in [0, 0.05) is 86.8 Å². The van der Waals surface area contributed by atoms with E-state index in [0.717, 1.165) is 53.2 Å². The standard InChI is InChI=1S/C89H148N4O32S.C6H15N/c1-76-18-20-80-78(74-76)88(2,3)82(91(80)26-12-8-10-17-87(97)125-93-85(95)22-23-86(93)96)14-13-15-83-89(4,5)79-75-77(126(98,99)100)19-21-81(79)92(83)25-11-7-9-16-84(94)90-24-27-102-30-31-104-34-35-106-38-39-108-42-43-110-46-47-112-50-51-114-54-55-116-58-59-118-62-63-120-66-67-122-70-71-124-73-72-123-69-68-121-65-64-119-61-60-117-57-56-115-53-52-113-49-48-111-45-44-109-41-40-107-37-36-105-33-32-103-29-28-101-6;1-4-7(5-2)6-3/h13-15,18-21,74-75H,7-12,16-17,22-73H2,1-6H3,(H-,90,94,98,99,100);4-6H2,1-3H3/p+1. The van der Waals surface area contributed by atoms with Crippen LogP contribution in [0, 0.1) is 6.92 Å². The van der Waals surface area contributed by atoms with Crippen molar-refractivity contribution in [1.29, 1.82) is 0 Å². The number of carbonyl (C=O) groups excluding carboxylic acids is 4. The van der Waals surface area contributed by atoms with Crippen molar-refractivity contribution in [2.24, 2.45) is 0 Å². The van der Waals surface area contributed by atoms with Crippen LogP contribution < -0.4 is 15.1 Å². The molecule has 2 aromatic rings. The maximum atomic E-state index is 12.8. The van der Waals surface area contributed by atoms with Crippen molar-refractivity contribution in [2.75, 3.05) is 362 Å². The van der Waals surface area contributed by atoms with Gasteiger partial charge in [-0.2, -0.15) is 4.58 Å². The van der Waals surface area contributed by atoms with Crippen molar-refractivity contribution in [3.63, 3.8) is 0 Å². The van der Waals surface area contributed by atoms with E-state index >= 15 is 0 Å². The zero-order valence-corrected chi connectivity index (χ0v) is 82.4. The van der Waals surface area contributed by atoms with Crippen molar-refractivity contribution in [3.05, 3.63) is 77.0 Å². The minimum atomic E-state index is -4.71. The minimum absolute atomic E-state index is 0.0416. The van der Waals surface area contributed by atoms with Crippen LogP contribution in [0.1, 0.15) is 129 Å². The highest BCUT2D eigenvalue weighted by Crippen LogP contribution is 2.48. The summed E-state index contributed by atoms with van der Waals surface area (Å²) in [6.45, 7) is 44.7. The number of anilines is 1. The van der Waals surface area contributed by atoms with Crippen LogP contribution in [0.2, 0.25) is 0 Å². The predicted octanol–water partition coefficient (Wildman–Crippen LogP) is 6.32. The van der Waals surface area contributed by atoms with Gasteiger partial charge in [0.2, 0.25) is 11.6 Å². The number of amides is 3. The molecule has 3 amide bonds. The largest absolute Gasteiger partial charge is 0.744 e. The summed E-state index contributed by atoms with van der Waals surface area (Å²) in [5.74, 6) is -1.68. The van der Waals surface area contributed by atoms with Crippen LogP contribution in [-0.4, -0.2) is 409 Å². The van der Waals surface area contributed by atoms with E-state index in [1.165, 1.54) is 37.3 Å². The first-order valence-corrected chi connectivity index (χ1v) is 49.2. The maximum Gasteiger partial charge on any atom is 0.333 e. The fourth-order valence-electron chi connectivity index (χ4n) is 13.7. The van der Waals surface area contributed by atoms with E-state index in [1.807, 2.05) is 19.9 Å². The van der Waals surface area contributed by atoms with Crippen LogP contribution in [0.3, 0.4) is 0 Å². The average Bonchev–Trinajstić information content (AvgIpc) is 1.59. The highest BCUT2D eigenvalue weighted by atomic mass is 32.2. The third-order valence-electron chi connectivity index (χ3n) is 21.1. The highest BCUT2D eigenvalue weighted by molar-refractivity contribution is 7.85. The molecule has 2 aromatic carbocycles. The number of nitrogens with one attached hydrogen (secondary N) is 2. The van der Waals surface area contributed by atoms with E-state index in [9.17, 15) is 32.1 Å². The number of rotatable bonds is 91. The lowest BCUT2D eigenvalue weighted by Gasteiger charge is -2.27. The number of allylic oxidation sites excluding steroid dienone is 4. The van der Waals surface area contributed by atoms with E-state index < -0.39 is 33.3 Å². The Morgan fingerprint density at radius 2 is 0.767 bits per heavy atom. The monoisotopic (exact) mass is 1920 g/mol. The first kappa shape index (κ1) is 120. The molecule has 0 bridgehead atoms. The second-order valence-corrected chi connectivity index (χ2v) is 33.3. The normalized spacial score (nSPS) is 14.4. The summed E-state index contributed by atoms with van der Waals surface area (Å²) in [7, 11) is -3.07. The van der Waals surface area contributed by atoms with Gasteiger partial charge in [0.05, 0.1) is 340 Å². The molecule has 0 saturated carbocycles. The summed E-state index contributed by atoms with van der Waals surface area (Å²) >= 11 is 0. The molecule has 1 fully saturated rings. The summed E-state index contributed by atoms with van der Waals surface area (Å²) in [6.07, 6.45) is 10.9. The van der Waals surface area contributed by atoms with Gasteiger partial charge in [0.25, 0.3) is 11.8 Å². The number of carbonyl (C=O) groups is 4. The molecule has 3 aliphatic heterocycles. The molecule has 37 nitrogen and oxygen atoms in total. The molecule has 0 unspecified atom stereocenters. The Balaban J connectivity index is 0.00000506. The Bertz CT molecular complexity index is 3480. The lowest BCUT2D eigenvalue weighted by molar-refractivity contribution is -0.894. The molecular weight excluding hydrogens is 1760 g/mol. The fourth-order valence-corrected chi connectivity index (χ4v) is 14.2. The van der Waals surface area contributed by atoms with Crippen molar-refractivity contribution >= 4 is 50.9 Å². The number of quaternary nitrogens is 1. The molecule has 3 aliphatic rings. The number of ether oxygens (including phenoxy) is 24. The topological polar surface area (TPSA) is 382 Å². The predicted molar refractivity (Wildman–Crippen MR) is 496 cm³/mol. The Morgan fingerprint density at radius 3 is 1.11 bits per heavy atom. The zero-order valence-electron chi connectivity index (χ0n) is 81.6. The van der Waals surface area contributed by atoms with Gasteiger partial charge in [-0.3, -0.25) is 14.4 Å². The number of hydrogen-bond donors (Lipinski definition) is 2. The van der Waals surface area contributed by atoms with Crippen LogP contribution in [0.4, 0.5) is 11.4 Å². The van der Waals surface area contributed by atoms with Gasteiger partial charge in [-0.1, -0.05) is 44.0 Å². The number of nitrogens with zero attached hydrogens (tertiary/aromatic N) is 3. The molecule has 0 aliphatic carbocycles. The van der Waals surface area contributed by atoms with Gasteiger partial charge >= 0.3 is 5.97 Å². The van der Waals surface area contributed by atoms with Crippen LogP contribution >= 0.6 is 0 Å². The third kappa shape index (κ3) is 56.9. The number of unbranched alkanes of at least 4 members (excludes halogenated alkanes) is 4. The van der Waals surface area contributed by atoms with Gasteiger partial charge in [-0.05, 0) is 97.1 Å². The minimum Gasteiger partial charge on any atom is -0.744 e. The highest BCUT2D eigenvalue weighted by Gasteiger charge is 2.45. The quantitative estimate of drug-likeness (QED) is 0.0317. The second kappa shape index (κ2) is 79.2. The number of hydrogen-bond acceptors (Lipinski definition) is 33. The Labute approximate surface area is 791 Å². The number of imide groups is 1. The van der Waals surface area contributed by atoms with Gasteiger partial charge in [-0.15, -0.1) is 5.06 Å². The van der Waals surface area contributed by atoms with Gasteiger partial charge in [0.1, 0.15) is 16.7 Å². The van der Waals surface area contributed by atoms with Crippen molar-refractivity contribution in [1.82, 2.24) is 10.4 Å². The molecule has 0 atom stereocenters. The molecule has 0 spiro atoms. The smallest absolute Gasteiger partial charge is 0.333 e. The van der Waals surface area contributed by atoms with Crippen LogP contribution in [0.25, 0.3) is 0 Å². The average molecular weight is 1920 g/mol. The zero-order chi connectivity index (χ0) is 96.0. The molecule has 38 heteroatoms. The van der Waals surface area contributed by atoms with E-state index in [1.54, 1.807) is 18.1 Å². The summed E-state index contributed by atoms with van der Waals surface area (Å²) < 4.78 is 171. The van der Waals surface area contributed by atoms with Crippen molar-refractivity contribution < 1.29 is 160 Å². The van der Waals surface area contributed by atoms with Crippen LogP contribution in [0.15, 0.2) is 65.2 Å². The Kier molecular flexibility index (Phi) is 71.3. The molecule has 5 rings (SSSR count). The van der Waals surface area contributed by atoms with E-state index in [0.29, 0.717) is 361 Å². The Morgan fingerprint density at radius 1 is 0.429 bits per heavy atom. The lowest BCUT2D eigenvalue weighted by Crippen LogP contribution is -3.11. The number of fused-ring (bicyclic) bond motifs is 2. The molecule has 1 saturated heterocycles. The first-order valence-electron chi connectivity index (χ1n) is 47.8. The fraction of sp³-hybridized carbons (Fsp3) is 0.779. The van der Waals surface area contributed by atoms with E-state index in [2.05, 4.69) is 86.7 Å². The number of hydroxylamine groups is 2. The molecule has 0 radical (unpaired) electrons. The maximum absolute atomic E-state index is 12.8. The molecule has 3 heterocycles. The Hall–Kier alpha value is -5.62. The summed E-state index contributed by atoms with van der Waals surface area (Å²) in [5, 5.41) is 3.52. The molecule has 0 aromatic heterocycles. The van der Waals surface area contributed by atoms with Gasteiger partial charge in [0.15, 0.2) is 5.71 Å². The van der Waals surface area contributed by atoms with Crippen molar-refractivity contribution in [3.8, 4) is 0 Å². The molecule has 133 heavy (non-hydrogen) atoms. The lowest BCUT2D eigenvalue weighted by atomic mass is 9.81. The van der Waals surface area contributed by atoms with E-state index in [4.69, 9.17) is 119 Å². The number of aryl methyl sites for hydroxylation is 1.